The summed E-state index contributed by atoms with van der Waals surface area (Å²) in [6.45, 7) is 1.29. The highest BCUT2D eigenvalue weighted by atomic mass is 127. The van der Waals surface area contributed by atoms with Gasteiger partial charge in [0.25, 0.3) is 0 Å². The van der Waals surface area contributed by atoms with Gasteiger partial charge in [-0.15, -0.1) is 0 Å². The van der Waals surface area contributed by atoms with Crippen molar-refractivity contribution in [2.45, 2.75) is 6.92 Å². The topological polar surface area (TPSA) is 107 Å². The van der Waals surface area contributed by atoms with Crippen LogP contribution in [0.25, 0.3) is 0 Å². The number of benzene rings is 1. The van der Waals surface area contributed by atoms with Gasteiger partial charge in [-0.2, -0.15) is 0 Å². The summed E-state index contributed by atoms with van der Waals surface area (Å²) in [7, 11) is 0. The summed E-state index contributed by atoms with van der Waals surface area (Å²) in [4.78, 5) is 28.6. The molecule has 2 heterocycles. The number of halogens is 3. The lowest BCUT2D eigenvalue weighted by Gasteiger charge is -2.05. The number of aromatic nitrogens is 2. The second-order valence-electron chi connectivity index (χ2n) is 5.06. The maximum Gasteiger partial charge on any atom is 0.418 e. The molecular formula is C19H17ClI2N4O3. The number of hydrogen-bond donors (Lipinski definition) is 2. The predicted molar refractivity (Wildman–Crippen MR) is 131 cm³/mol. The molecule has 1 aromatic carbocycles. The van der Waals surface area contributed by atoms with Gasteiger partial charge in [-0.05, 0) is 93.2 Å². The number of nitrogens with zero attached hydrogens (tertiary/aromatic N) is 2. The van der Waals surface area contributed by atoms with E-state index in [2.05, 4.69) is 72.1 Å². The first-order valence-electron chi connectivity index (χ1n) is 7.95. The van der Waals surface area contributed by atoms with Gasteiger partial charge in [0.2, 0.25) is 5.24 Å². The number of amides is 1. The number of carbonyl (C=O) groups excluding carboxylic acids is 2. The van der Waals surface area contributed by atoms with Crippen LogP contribution in [0.4, 0.5) is 16.4 Å². The Morgan fingerprint density at radius 1 is 0.966 bits per heavy atom. The van der Waals surface area contributed by atoms with Gasteiger partial charge in [0, 0.05) is 26.5 Å². The molecular weight excluding hydrogens is 621 g/mol. The Bertz CT molecular complexity index is 871. The van der Waals surface area contributed by atoms with E-state index in [-0.39, 0.29) is 5.24 Å². The van der Waals surface area contributed by atoms with Crippen LogP contribution in [0.2, 0.25) is 0 Å². The zero-order valence-corrected chi connectivity index (χ0v) is 20.3. The molecule has 3 rings (SSSR count). The van der Waals surface area contributed by atoms with Crippen LogP contribution in [0, 0.1) is 7.14 Å². The van der Waals surface area contributed by atoms with Crippen molar-refractivity contribution < 1.29 is 14.3 Å². The Kier molecular flexibility index (Phi) is 12.1. The van der Waals surface area contributed by atoms with Gasteiger partial charge < -0.3 is 10.5 Å². The molecule has 152 valence electrons. The number of nitrogens with one attached hydrogen (secondary N) is 1. The highest BCUT2D eigenvalue weighted by molar-refractivity contribution is 14.1. The van der Waals surface area contributed by atoms with Crippen LogP contribution >= 0.6 is 56.8 Å². The lowest BCUT2D eigenvalue weighted by Crippen LogP contribution is -2.17. The number of nitrogen functional groups attached to an aromatic ring is 1. The van der Waals surface area contributed by atoms with Crippen molar-refractivity contribution in [2.75, 3.05) is 11.1 Å². The summed E-state index contributed by atoms with van der Waals surface area (Å²) in [5.74, 6) is 1.53. The third-order valence-corrected chi connectivity index (χ3v) is 3.94. The van der Waals surface area contributed by atoms with Crippen LogP contribution in [0.5, 0.6) is 5.75 Å². The summed E-state index contributed by atoms with van der Waals surface area (Å²) in [5, 5.41) is 2.18. The molecule has 0 aliphatic heterocycles. The van der Waals surface area contributed by atoms with E-state index in [1.807, 2.05) is 18.2 Å². The number of hydrogen-bond acceptors (Lipinski definition) is 6. The number of para-hydroxylation sites is 1. The molecule has 0 saturated carbocycles. The summed E-state index contributed by atoms with van der Waals surface area (Å²) in [6, 6.07) is 16.1. The Balaban J connectivity index is 0.000000290. The summed E-state index contributed by atoms with van der Waals surface area (Å²) >= 11 is 8.96. The third-order valence-electron chi connectivity index (χ3n) is 2.66. The van der Waals surface area contributed by atoms with Crippen molar-refractivity contribution in [1.82, 2.24) is 9.97 Å². The molecule has 29 heavy (non-hydrogen) atoms. The molecule has 0 bridgehead atoms. The van der Waals surface area contributed by atoms with E-state index in [0.29, 0.717) is 17.4 Å². The van der Waals surface area contributed by atoms with Crippen LogP contribution in [0.1, 0.15) is 6.92 Å². The first kappa shape index (κ1) is 25.0. The molecule has 7 nitrogen and oxygen atoms in total. The fourth-order valence-corrected chi connectivity index (χ4v) is 2.20. The van der Waals surface area contributed by atoms with Gasteiger partial charge in [-0.25, -0.2) is 14.8 Å². The first-order chi connectivity index (χ1) is 13.8. The smallest absolute Gasteiger partial charge is 0.410 e. The fraction of sp³-hybridized carbons (Fsp3) is 0.0526. The summed E-state index contributed by atoms with van der Waals surface area (Å²) in [6.07, 6.45) is 2.85. The molecule has 0 atom stereocenters. The maximum absolute atomic E-state index is 11.5. The average Bonchev–Trinajstić information content (AvgIpc) is 2.67. The van der Waals surface area contributed by atoms with E-state index < -0.39 is 6.09 Å². The van der Waals surface area contributed by atoms with Crippen molar-refractivity contribution >= 4 is 79.8 Å². The largest absolute Gasteiger partial charge is 0.418 e. The molecule has 2 aromatic heterocycles. The molecule has 0 aliphatic rings. The van der Waals surface area contributed by atoms with Crippen molar-refractivity contribution in [1.29, 1.82) is 0 Å². The Morgan fingerprint density at radius 3 is 1.97 bits per heavy atom. The molecule has 0 fully saturated rings. The monoisotopic (exact) mass is 638 g/mol. The minimum Gasteiger partial charge on any atom is -0.410 e. The number of pyridine rings is 2. The first-order valence-corrected chi connectivity index (χ1v) is 10.5. The van der Waals surface area contributed by atoms with Gasteiger partial charge in [-0.1, -0.05) is 18.2 Å². The Morgan fingerprint density at radius 2 is 1.52 bits per heavy atom. The number of anilines is 2. The van der Waals surface area contributed by atoms with E-state index >= 15 is 0 Å². The molecule has 0 spiro atoms. The fourth-order valence-electron chi connectivity index (χ4n) is 1.56. The minimum absolute atomic E-state index is 0.361. The van der Waals surface area contributed by atoms with E-state index in [1.54, 1.807) is 48.8 Å². The van der Waals surface area contributed by atoms with Gasteiger partial charge in [0.1, 0.15) is 17.4 Å². The molecule has 0 radical (unpaired) electrons. The number of carbonyl (C=O) groups is 2. The van der Waals surface area contributed by atoms with Gasteiger partial charge in [0.05, 0.1) is 0 Å². The molecule has 3 aromatic rings. The Hall–Kier alpha value is -1.99. The Labute approximate surface area is 200 Å². The van der Waals surface area contributed by atoms with E-state index in [1.165, 1.54) is 6.92 Å². The SMILES string of the molecule is CC(=O)Cl.Nc1ccc(I)cn1.O=C(Nc1ccc(I)cn1)Oc1ccccc1. The van der Waals surface area contributed by atoms with E-state index in [9.17, 15) is 9.59 Å². The summed E-state index contributed by atoms with van der Waals surface area (Å²) in [5.41, 5.74) is 5.31. The zero-order chi connectivity index (χ0) is 21.6. The normalized spacial score (nSPS) is 9.10. The van der Waals surface area contributed by atoms with Crippen molar-refractivity contribution in [3.05, 3.63) is 74.1 Å². The molecule has 10 heteroatoms. The highest BCUT2D eigenvalue weighted by Crippen LogP contribution is 2.11. The van der Waals surface area contributed by atoms with Crippen LogP contribution in [-0.2, 0) is 4.79 Å². The molecule has 0 unspecified atom stereocenters. The van der Waals surface area contributed by atoms with Crippen LogP contribution in [0.3, 0.4) is 0 Å². The third kappa shape index (κ3) is 13.0. The number of nitrogens with two attached hydrogens (primary N) is 1. The lowest BCUT2D eigenvalue weighted by atomic mass is 10.3. The van der Waals surface area contributed by atoms with E-state index in [4.69, 9.17) is 10.5 Å². The van der Waals surface area contributed by atoms with Crippen molar-refractivity contribution in [3.63, 3.8) is 0 Å². The van der Waals surface area contributed by atoms with Crippen molar-refractivity contribution in [2.24, 2.45) is 0 Å². The van der Waals surface area contributed by atoms with Crippen LogP contribution in [0.15, 0.2) is 67.0 Å². The predicted octanol–water partition coefficient (Wildman–Crippen LogP) is 5.34. The van der Waals surface area contributed by atoms with E-state index in [0.717, 1.165) is 7.14 Å². The van der Waals surface area contributed by atoms with Crippen molar-refractivity contribution in [3.8, 4) is 5.75 Å². The summed E-state index contributed by atoms with van der Waals surface area (Å²) < 4.78 is 7.17. The number of rotatable bonds is 2. The minimum atomic E-state index is -0.551. The number of ether oxygens (including phenoxy) is 1. The quantitative estimate of drug-likeness (QED) is 0.290. The zero-order valence-electron chi connectivity index (χ0n) is 15.2. The second-order valence-corrected chi connectivity index (χ2v) is 8.08. The second kappa shape index (κ2) is 14.1. The average molecular weight is 639 g/mol. The lowest BCUT2D eigenvalue weighted by molar-refractivity contribution is -0.109. The van der Waals surface area contributed by atoms with Crippen LogP contribution in [-0.4, -0.2) is 21.3 Å². The van der Waals surface area contributed by atoms with Gasteiger partial charge in [0.15, 0.2) is 0 Å². The van der Waals surface area contributed by atoms with Gasteiger partial charge in [-0.3, -0.25) is 10.1 Å². The van der Waals surface area contributed by atoms with Crippen LogP contribution < -0.4 is 15.8 Å². The molecule has 0 aliphatic carbocycles. The standard InChI is InChI=1S/C12H9IN2O2.C5H5IN2.C2H3ClO/c13-9-6-7-11(14-8-9)15-12(16)17-10-4-2-1-3-5-10;6-4-1-2-5(7)8-3-4;1-2(3)4/h1-8H,(H,14,15,16);1-3H,(H2,7,8);1H3. The molecule has 1 amide bonds. The maximum atomic E-state index is 11.5. The molecule has 0 saturated heterocycles. The molecule has 3 N–H and O–H groups in total. The highest BCUT2D eigenvalue weighted by Gasteiger charge is 2.04. The van der Waals surface area contributed by atoms with Gasteiger partial charge >= 0.3 is 6.09 Å².